The van der Waals surface area contributed by atoms with Crippen molar-refractivity contribution >= 4 is 11.6 Å². The van der Waals surface area contributed by atoms with Gasteiger partial charge in [0.15, 0.2) is 0 Å². The molecule has 4 heteroatoms. The van der Waals surface area contributed by atoms with E-state index in [4.69, 9.17) is 17.3 Å². The normalized spacial score (nSPS) is 20.8. The number of hydrogen-bond donors (Lipinski definition) is 1. The molecule has 0 aliphatic heterocycles. The minimum absolute atomic E-state index is 0.0610. The van der Waals surface area contributed by atoms with E-state index >= 15 is 0 Å². The van der Waals surface area contributed by atoms with Gasteiger partial charge in [0, 0.05) is 23.6 Å². The lowest BCUT2D eigenvalue weighted by atomic mass is 9.74. The molecule has 1 aromatic heterocycles. The summed E-state index contributed by atoms with van der Waals surface area (Å²) in [7, 11) is 0. The van der Waals surface area contributed by atoms with Gasteiger partial charge in [-0.15, -0.1) is 0 Å². The van der Waals surface area contributed by atoms with E-state index in [1.54, 1.807) is 12.1 Å². The molecule has 1 aliphatic carbocycles. The fraction of sp³-hybridized carbons (Fsp3) is 0.375. The molecule has 1 atom stereocenters. The Bertz CT molecular complexity index is 660. The van der Waals surface area contributed by atoms with E-state index in [1.165, 1.54) is 17.3 Å². The first-order valence-corrected chi connectivity index (χ1v) is 7.16. The van der Waals surface area contributed by atoms with E-state index < -0.39 is 5.82 Å². The van der Waals surface area contributed by atoms with Crippen molar-refractivity contribution in [1.29, 1.82) is 0 Å². The molecule has 1 aromatic carbocycles. The average molecular weight is 293 g/mol. The largest absolute Gasteiger partial charge is 0.324 e. The Balaban J connectivity index is 2.10. The van der Waals surface area contributed by atoms with E-state index in [0.717, 1.165) is 18.5 Å². The lowest BCUT2D eigenvalue weighted by molar-refractivity contribution is 0.278. The van der Waals surface area contributed by atoms with Crippen LogP contribution < -0.4 is 5.73 Å². The van der Waals surface area contributed by atoms with E-state index in [0.29, 0.717) is 0 Å². The summed E-state index contributed by atoms with van der Waals surface area (Å²) >= 11 is 5.89. The number of nitrogens with two attached hydrogens (primary N) is 1. The maximum Gasteiger partial charge on any atom is 0.141 e. The zero-order chi connectivity index (χ0) is 14.5. The van der Waals surface area contributed by atoms with Crippen LogP contribution in [0.4, 0.5) is 4.39 Å². The maximum atomic E-state index is 13.3. The Kier molecular flexibility index (Phi) is 3.14. The number of halogens is 2. The van der Waals surface area contributed by atoms with Gasteiger partial charge in [-0.25, -0.2) is 4.39 Å². The van der Waals surface area contributed by atoms with Crippen molar-refractivity contribution < 1.29 is 4.39 Å². The van der Waals surface area contributed by atoms with Gasteiger partial charge < -0.3 is 10.3 Å². The summed E-state index contributed by atoms with van der Waals surface area (Å²) < 4.78 is 15.4. The molecule has 0 fully saturated rings. The van der Waals surface area contributed by atoms with E-state index in [9.17, 15) is 4.39 Å². The van der Waals surface area contributed by atoms with Crippen molar-refractivity contribution in [3.8, 4) is 5.69 Å². The molecule has 106 valence electrons. The number of aromatic nitrogens is 1. The summed E-state index contributed by atoms with van der Waals surface area (Å²) in [6, 6.07) is 6.93. The van der Waals surface area contributed by atoms with Crippen molar-refractivity contribution in [2.75, 3.05) is 0 Å². The lowest BCUT2D eigenvalue weighted by Crippen LogP contribution is -2.30. The minimum Gasteiger partial charge on any atom is -0.324 e. The zero-order valence-corrected chi connectivity index (χ0v) is 12.4. The molecule has 0 radical (unpaired) electrons. The standard InChI is InChI=1S/C16H18ClFN2/c1-16(2)8-14(19)11-5-6-20(15(11)9-16)10-3-4-13(18)12(17)7-10/h3-7,14H,8-9,19H2,1-2H3. The Hall–Kier alpha value is -1.32. The Morgan fingerprint density at radius 2 is 2.10 bits per heavy atom. The van der Waals surface area contributed by atoms with Gasteiger partial charge in [0.2, 0.25) is 0 Å². The predicted molar refractivity (Wildman–Crippen MR) is 79.8 cm³/mol. The molecule has 2 N–H and O–H groups in total. The number of rotatable bonds is 1. The second kappa shape index (κ2) is 4.61. The molecule has 0 saturated carbocycles. The molecule has 20 heavy (non-hydrogen) atoms. The molecule has 2 nitrogen and oxygen atoms in total. The summed E-state index contributed by atoms with van der Waals surface area (Å²) in [5, 5.41) is 0.143. The number of hydrogen-bond acceptors (Lipinski definition) is 1. The number of fused-ring (bicyclic) bond motifs is 1. The van der Waals surface area contributed by atoms with Crippen molar-refractivity contribution in [1.82, 2.24) is 4.57 Å². The van der Waals surface area contributed by atoms with Crippen molar-refractivity contribution in [3.05, 3.63) is 52.6 Å². The van der Waals surface area contributed by atoms with Crippen LogP contribution in [-0.2, 0) is 6.42 Å². The number of nitrogens with zero attached hydrogens (tertiary/aromatic N) is 1. The van der Waals surface area contributed by atoms with Gasteiger partial charge in [0.1, 0.15) is 5.82 Å². The molecule has 2 aromatic rings. The van der Waals surface area contributed by atoms with Crippen LogP contribution in [0.1, 0.15) is 37.6 Å². The Morgan fingerprint density at radius 3 is 2.80 bits per heavy atom. The fourth-order valence-corrected chi connectivity index (χ4v) is 3.29. The van der Waals surface area contributed by atoms with Crippen LogP contribution in [0.25, 0.3) is 5.69 Å². The van der Waals surface area contributed by atoms with Gasteiger partial charge in [-0.1, -0.05) is 25.4 Å². The van der Waals surface area contributed by atoms with Crippen LogP contribution in [-0.4, -0.2) is 4.57 Å². The third-order valence-electron chi connectivity index (χ3n) is 4.03. The van der Waals surface area contributed by atoms with Gasteiger partial charge in [-0.05, 0) is 48.1 Å². The monoisotopic (exact) mass is 292 g/mol. The SMILES string of the molecule is CC1(C)Cc2c(ccn2-c2ccc(F)c(Cl)c2)C(N)C1. The quantitative estimate of drug-likeness (QED) is 0.837. The lowest BCUT2D eigenvalue weighted by Gasteiger charge is -2.34. The van der Waals surface area contributed by atoms with Crippen LogP contribution in [0.15, 0.2) is 30.5 Å². The van der Waals surface area contributed by atoms with Gasteiger partial charge in [-0.3, -0.25) is 0 Å². The van der Waals surface area contributed by atoms with Gasteiger partial charge in [0.25, 0.3) is 0 Å². The van der Waals surface area contributed by atoms with Gasteiger partial charge >= 0.3 is 0 Å². The topological polar surface area (TPSA) is 30.9 Å². The summed E-state index contributed by atoms with van der Waals surface area (Å²) in [6.07, 6.45) is 3.93. The molecule has 1 aliphatic rings. The van der Waals surface area contributed by atoms with Crippen LogP contribution in [0, 0.1) is 11.2 Å². The summed E-state index contributed by atoms with van der Waals surface area (Å²) in [5.74, 6) is -0.395. The highest BCUT2D eigenvalue weighted by molar-refractivity contribution is 6.30. The average Bonchev–Trinajstić information content (AvgIpc) is 2.75. The van der Waals surface area contributed by atoms with E-state index in [1.807, 2.05) is 6.20 Å². The minimum atomic E-state index is -0.395. The zero-order valence-electron chi connectivity index (χ0n) is 11.7. The Morgan fingerprint density at radius 1 is 1.35 bits per heavy atom. The maximum absolute atomic E-state index is 13.3. The number of benzene rings is 1. The van der Waals surface area contributed by atoms with Gasteiger partial charge in [-0.2, -0.15) is 0 Å². The molecule has 0 saturated heterocycles. The molecule has 1 heterocycles. The van der Waals surface area contributed by atoms with Crippen LogP contribution >= 0.6 is 11.6 Å². The van der Waals surface area contributed by atoms with Crippen LogP contribution in [0.5, 0.6) is 0 Å². The highest BCUT2D eigenvalue weighted by Gasteiger charge is 2.32. The molecular formula is C16H18ClFN2. The van der Waals surface area contributed by atoms with Crippen LogP contribution in [0.3, 0.4) is 0 Å². The van der Waals surface area contributed by atoms with Crippen LogP contribution in [0.2, 0.25) is 5.02 Å². The van der Waals surface area contributed by atoms with Crippen molar-refractivity contribution in [2.45, 2.75) is 32.7 Å². The smallest absolute Gasteiger partial charge is 0.141 e. The van der Waals surface area contributed by atoms with Gasteiger partial charge in [0.05, 0.1) is 5.02 Å². The third-order valence-corrected chi connectivity index (χ3v) is 4.32. The third kappa shape index (κ3) is 2.25. The first kappa shape index (κ1) is 13.7. The predicted octanol–water partition coefficient (Wildman–Crippen LogP) is 4.24. The second-order valence-corrected chi connectivity index (χ2v) is 6.74. The molecule has 0 bridgehead atoms. The molecular weight excluding hydrogens is 275 g/mol. The summed E-state index contributed by atoms with van der Waals surface area (Å²) in [6.45, 7) is 4.45. The fourth-order valence-electron chi connectivity index (χ4n) is 3.11. The second-order valence-electron chi connectivity index (χ2n) is 6.34. The molecule has 1 unspecified atom stereocenters. The van der Waals surface area contributed by atoms with E-state index in [-0.39, 0.29) is 16.5 Å². The highest BCUT2D eigenvalue weighted by atomic mass is 35.5. The molecule has 0 amide bonds. The summed E-state index contributed by atoms with van der Waals surface area (Å²) in [4.78, 5) is 0. The summed E-state index contributed by atoms with van der Waals surface area (Å²) in [5.41, 5.74) is 9.71. The van der Waals surface area contributed by atoms with E-state index in [2.05, 4.69) is 24.5 Å². The molecule has 0 spiro atoms. The highest BCUT2D eigenvalue weighted by Crippen LogP contribution is 2.40. The van der Waals surface area contributed by atoms with Crippen molar-refractivity contribution in [2.24, 2.45) is 11.1 Å². The Labute approximate surface area is 123 Å². The first-order chi connectivity index (χ1) is 9.37. The first-order valence-electron chi connectivity index (χ1n) is 6.78. The molecule has 3 rings (SSSR count). The van der Waals surface area contributed by atoms with Crippen molar-refractivity contribution in [3.63, 3.8) is 0 Å².